The van der Waals surface area contributed by atoms with E-state index in [2.05, 4.69) is 10.3 Å². The third-order valence-corrected chi connectivity index (χ3v) is 3.40. The molecule has 19 heavy (non-hydrogen) atoms. The van der Waals surface area contributed by atoms with Crippen molar-refractivity contribution in [3.8, 4) is 0 Å². The largest absolute Gasteiger partial charge is 0.359 e. The number of pyridine rings is 1. The van der Waals surface area contributed by atoms with Crippen LogP contribution in [-0.4, -0.2) is 41.8 Å². The number of rotatable bonds is 2. The van der Waals surface area contributed by atoms with Crippen molar-refractivity contribution in [2.24, 2.45) is 5.92 Å². The van der Waals surface area contributed by atoms with E-state index in [-0.39, 0.29) is 23.3 Å². The summed E-state index contributed by atoms with van der Waals surface area (Å²) >= 11 is 0. The van der Waals surface area contributed by atoms with Crippen LogP contribution in [0.5, 0.6) is 0 Å². The van der Waals surface area contributed by atoms with Crippen LogP contribution in [0.15, 0.2) is 18.5 Å². The van der Waals surface area contributed by atoms with E-state index in [0.29, 0.717) is 25.9 Å². The molecule has 2 rings (SSSR count). The van der Waals surface area contributed by atoms with E-state index in [4.69, 9.17) is 0 Å². The number of likely N-dealkylation sites (tertiary alicyclic amines) is 1. The maximum absolute atomic E-state index is 13.5. The molecule has 5 nitrogen and oxygen atoms in total. The Labute approximate surface area is 110 Å². The quantitative estimate of drug-likeness (QED) is 0.861. The molecule has 0 atom stereocenters. The molecule has 1 saturated heterocycles. The molecule has 0 spiro atoms. The van der Waals surface area contributed by atoms with Gasteiger partial charge in [-0.2, -0.15) is 0 Å². The smallest absolute Gasteiger partial charge is 0.256 e. The van der Waals surface area contributed by atoms with Gasteiger partial charge in [-0.15, -0.1) is 0 Å². The van der Waals surface area contributed by atoms with E-state index in [0.717, 1.165) is 6.20 Å². The van der Waals surface area contributed by atoms with E-state index in [1.807, 2.05) is 0 Å². The van der Waals surface area contributed by atoms with Crippen molar-refractivity contribution in [1.29, 1.82) is 0 Å². The van der Waals surface area contributed by atoms with Gasteiger partial charge in [-0.1, -0.05) is 0 Å². The number of nitrogens with one attached hydrogen (secondary N) is 1. The minimum absolute atomic E-state index is 0.00203. The highest BCUT2D eigenvalue weighted by molar-refractivity contribution is 5.94. The van der Waals surface area contributed by atoms with Crippen molar-refractivity contribution in [1.82, 2.24) is 15.2 Å². The number of nitrogens with zero attached hydrogens (tertiary/aromatic N) is 2. The molecule has 1 aromatic heterocycles. The fraction of sp³-hybridized carbons (Fsp3) is 0.462. The summed E-state index contributed by atoms with van der Waals surface area (Å²) in [5.74, 6) is -1.00. The standard InChI is InChI=1S/C13H16FN3O2/c1-15-12(18)9-3-6-17(7-4-9)13(19)10-2-5-16-8-11(10)14/h2,5,8-9H,3-4,6-7H2,1H3,(H,15,18). The Bertz CT molecular complexity index is 485. The van der Waals surface area contributed by atoms with Crippen LogP contribution in [0.4, 0.5) is 4.39 Å². The highest BCUT2D eigenvalue weighted by Crippen LogP contribution is 2.19. The summed E-state index contributed by atoms with van der Waals surface area (Å²) < 4.78 is 13.5. The van der Waals surface area contributed by atoms with Gasteiger partial charge < -0.3 is 10.2 Å². The number of piperidine rings is 1. The first-order valence-electron chi connectivity index (χ1n) is 6.24. The zero-order valence-electron chi connectivity index (χ0n) is 10.7. The van der Waals surface area contributed by atoms with Crippen molar-refractivity contribution >= 4 is 11.8 Å². The summed E-state index contributed by atoms with van der Waals surface area (Å²) in [6, 6.07) is 1.38. The predicted molar refractivity (Wildman–Crippen MR) is 66.9 cm³/mol. The van der Waals surface area contributed by atoms with Crippen molar-refractivity contribution in [2.45, 2.75) is 12.8 Å². The molecule has 0 aromatic carbocycles. The monoisotopic (exact) mass is 265 g/mol. The van der Waals surface area contributed by atoms with Crippen LogP contribution >= 0.6 is 0 Å². The van der Waals surface area contributed by atoms with Crippen LogP contribution in [0.1, 0.15) is 23.2 Å². The van der Waals surface area contributed by atoms with Crippen LogP contribution in [0.3, 0.4) is 0 Å². The highest BCUT2D eigenvalue weighted by Gasteiger charge is 2.28. The molecular formula is C13H16FN3O2. The predicted octanol–water partition coefficient (Wildman–Crippen LogP) is 0.819. The van der Waals surface area contributed by atoms with Gasteiger partial charge in [-0.25, -0.2) is 4.39 Å². The van der Waals surface area contributed by atoms with Gasteiger partial charge in [0.25, 0.3) is 5.91 Å². The summed E-state index contributed by atoms with van der Waals surface area (Å²) in [5.41, 5.74) is 0.0355. The molecule has 102 valence electrons. The van der Waals surface area contributed by atoms with Crippen LogP contribution in [-0.2, 0) is 4.79 Å². The van der Waals surface area contributed by atoms with Crippen LogP contribution in [0, 0.1) is 11.7 Å². The number of amides is 2. The second-order valence-corrected chi connectivity index (χ2v) is 4.54. The first kappa shape index (κ1) is 13.5. The lowest BCUT2D eigenvalue weighted by Gasteiger charge is -2.31. The molecule has 1 N–H and O–H groups in total. The molecule has 0 bridgehead atoms. The highest BCUT2D eigenvalue weighted by atomic mass is 19.1. The summed E-state index contributed by atoms with van der Waals surface area (Å²) in [6.45, 7) is 0.942. The minimum atomic E-state index is -0.610. The van der Waals surface area contributed by atoms with E-state index in [1.165, 1.54) is 12.3 Å². The number of halogens is 1. The molecule has 0 aliphatic carbocycles. The Morgan fingerprint density at radius 1 is 1.42 bits per heavy atom. The zero-order valence-corrected chi connectivity index (χ0v) is 10.7. The second kappa shape index (κ2) is 5.77. The van der Waals surface area contributed by atoms with Crippen molar-refractivity contribution < 1.29 is 14.0 Å². The summed E-state index contributed by atoms with van der Waals surface area (Å²) in [7, 11) is 1.60. The van der Waals surface area contributed by atoms with Crippen molar-refractivity contribution in [3.05, 3.63) is 29.8 Å². The molecular weight excluding hydrogens is 249 g/mol. The lowest BCUT2D eigenvalue weighted by atomic mass is 9.95. The number of hydrogen-bond acceptors (Lipinski definition) is 3. The van der Waals surface area contributed by atoms with Crippen molar-refractivity contribution in [3.63, 3.8) is 0 Å². The van der Waals surface area contributed by atoms with Gasteiger partial charge in [-0.05, 0) is 18.9 Å². The summed E-state index contributed by atoms with van der Waals surface area (Å²) in [4.78, 5) is 28.8. The topological polar surface area (TPSA) is 62.3 Å². The molecule has 0 saturated carbocycles. The lowest BCUT2D eigenvalue weighted by Crippen LogP contribution is -2.42. The molecule has 1 aliphatic heterocycles. The number of carbonyl (C=O) groups is 2. The van der Waals surface area contributed by atoms with Gasteiger partial charge in [0.1, 0.15) is 0 Å². The van der Waals surface area contributed by atoms with Crippen molar-refractivity contribution in [2.75, 3.05) is 20.1 Å². The third kappa shape index (κ3) is 2.89. The minimum Gasteiger partial charge on any atom is -0.359 e. The fourth-order valence-electron chi connectivity index (χ4n) is 2.27. The van der Waals surface area contributed by atoms with Gasteiger partial charge in [0.2, 0.25) is 5.91 Å². The number of carbonyl (C=O) groups excluding carboxylic acids is 2. The molecule has 1 aromatic rings. The van der Waals surface area contributed by atoms with E-state index < -0.39 is 5.82 Å². The Hall–Kier alpha value is -1.98. The molecule has 2 heterocycles. The fourth-order valence-corrected chi connectivity index (χ4v) is 2.27. The Kier molecular flexibility index (Phi) is 4.09. The first-order valence-corrected chi connectivity index (χ1v) is 6.24. The average Bonchev–Trinajstić information content (AvgIpc) is 2.46. The van der Waals surface area contributed by atoms with Gasteiger partial charge in [0.15, 0.2) is 5.82 Å². The Morgan fingerprint density at radius 3 is 2.68 bits per heavy atom. The third-order valence-electron chi connectivity index (χ3n) is 3.40. The first-order chi connectivity index (χ1) is 9.13. The molecule has 0 unspecified atom stereocenters. The maximum atomic E-state index is 13.5. The normalized spacial score (nSPS) is 16.2. The van der Waals surface area contributed by atoms with E-state index >= 15 is 0 Å². The molecule has 0 radical (unpaired) electrons. The van der Waals surface area contributed by atoms with E-state index in [1.54, 1.807) is 11.9 Å². The summed E-state index contributed by atoms with van der Waals surface area (Å²) in [6.07, 6.45) is 3.65. The Morgan fingerprint density at radius 2 is 2.11 bits per heavy atom. The van der Waals surface area contributed by atoms with Crippen LogP contribution < -0.4 is 5.32 Å². The van der Waals surface area contributed by atoms with Gasteiger partial charge in [-0.3, -0.25) is 14.6 Å². The van der Waals surface area contributed by atoms with Crippen LogP contribution in [0.2, 0.25) is 0 Å². The van der Waals surface area contributed by atoms with Crippen LogP contribution in [0.25, 0.3) is 0 Å². The lowest BCUT2D eigenvalue weighted by molar-refractivity contribution is -0.125. The average molecular weight is 265 g/mol. The maximum Gasteiger partial charge on any atom is 0.256 e. The molecule has 6 heteroatoms. The van der Waals surface area contributed by atoms with Gasteiger partial charge in [0, 0.05) is 32.3 Å². The molecule has 1 fully saturated rings. The summed E-state index contributed by atoms with van der Waals surface area (Å²) in [5, 5.41) is 2.61. The second-order valence-electron chi connectivity index (χ2n) is 4.54. The zero-order chi connectivity index (χ0) is 13.8. The molecule has 2 amide bonds. The van der Waals surface area contributed by atoms with Gasteiger partial charge >= 0.3 is 0 Å². The SMILES string of the molecule is CNC(=O)C1CCN(C(=O)c2ccncc2F)CC1. The number of aromatic nitrogens is 1. The number of hydrogen-bond donors (Lipinski definition) is 1. The van der Waals surface area contributed by atoms with E-state index in [9.17, 15) is 14.0 Å². The molecule has 1 aliphatic rings. The van der Waals surface area contributed by atoms with Gasteiger partial charge in [0.05, 0.1) is 11.8 Å². The Balaban J connectivity index is 2.00.